The van der Waals surface area contributed by atoms with Gasteiger partial charge in [-0.1, -0.05) is 24.8 Å². The number of hydrogen-bond donors (Lipinski definition) is 1. The zero-order valence-corrected chi connectivity index (χ0v) is 15.0. The summed E-state index contributed by atoms with van der Waals surface area (Å²) in [6, 6.07) is 7.11. The Morgan fingerprint density at radius 3 is 2.07 bits per heavy atom. The Hall–Kier alpha value is -3.61. The molecule has 2 aromatic heterocycles. The Morgan fingerprint density at radius 2 is 1.74 bits per heavy atom. The van der Waals surface area contributed by atoms with Crippen LogP contribution in [0.4, 0.5) is 0 Å². The Labute approximate surface area is 158 Å². The van der Waals surface area contributed by atoms with Gasteiger partial charge in [-0.05, 0) is 30.7 Å². The number of aromatic nitrogens is 2. The number of carbonyl (C=O) groups excluding carboxylic acids is 2. The van der Waals surface area contributed by atoms with Crippen molar-refractivity contribution in [3.63, 3.8) is 0 Å². The molecule has 0 atom stereocenters. The Balaban J connectivity index is 0.000000395. The van der Waals surface area contributed by atoms with Crippen molar-refractivity contribution in [1.29, 1.82) is 0 Å². The molecule has 0 radical (unpaired) electrons. The fourth-order valence-electron chi connectivity index (χ4n) is 1.42. The second kappa shape index (κ2) is 15.9. The van der Waals surface area contributed by atoms with Crippen LogP contribution in [0.3, 0.4) is 0 Å². The van der Waals surface area contributed by atoms with E-state index in [-0.39, 0.29) is 12.4 Å². The molecule has 1 N–H and O–H groups in total. The molecule has 0 aliphatic rings. The molecule has 0 aliphatic carbocycles. The zero-order valence-electron chi connectivity index (χ0n) is 15.0. The van der Waals surface area contributed by atoms with Crippen LogP contribution in [-0.4, -0.2) is 39.9 Å². The van der Waals surface area contributed by atoms with E-state index in [9.17, 15) is 14.4 Å². The van der Waals surface area contributed by atoms with E-state index >= 15 is 0 Å². The lowest BCUT2D eigenvalue weighted by Gasteiger charge is -1.90. The molecule has 0 unspecified atom stereocenters. The van der Waals surface area contributed by atoms with Crippen LogP contribution in [-0.2, 0) is 14.3 Å². The first-order valence-corrected chi connectivity index (χ1v) is 7.96. The minimum absolute atomic E-state index is 0.0505. The van der Waals surface area contributed by atoms with Crippen LogP contribution in [0.25, 0.3) is 6.08 Å². The Morgan fingerprint density at radius 1 is 1.15 bits per heavy atom. The van der Waals surface area contributed by atoms with Gasteiger partial charge in [0.15, 0.2) is 6.29 Å². The molecule has 2 aromatic rings. The van der Waals surface area contributed by atoms with Crippen LogP contribution in [0.5, 0.6) is 0 Å². The van der Waals surface area contributed by atoms with Gasteiger partial charge >= 0.3 is 11.9 Å². The first kappa shape index (κ1) is 23.4. The number of carboxylic acid groups (broad SMARTS) is 1. The molecule has 0 saturated heterocycles. The Bertz CT molecular complexity index is 716. The van der Waals surface area contributed by atoms with Gasteiger partial charge < -0.3 is 9.84 Å². The van der Waals surface area contributed by atoms with Gasteiger partial charge in [0.1, 0.15) is 0 Å². The summed E-state index contributed by atoms with van der Waals surface area (Å²) < 4.78 is 4.43. The summed E-state index contributed by atoms with van der Waals surface area (Å²) in [5.74, 6) is -1.18. The topological polar surface area (TPSA) is 106 Å². The second-order valence-electron chi connectivity index (χ2n) is 4.65. The highest BCUT2D eigenvalue weighted by Crippen LogP contribution is 1.99. The molecule has 0 amide bonds. The van der Waals surface area contributed by atoms with Gasteiger partial charge in [-0.15, -0.1) is 0 Å². The monoisotopic (exact) mass is 370 g/mol. The number of rotatable bonds is 6. The largest absolute Gasteiger partial charge is 0.481 e. The van der Waals surface area contributed by atoms with E-state index in [0.717, 1.165) is 17.9 Å². The predicted molar refractivity (Wildman–Crippen MR) is 102 cm³/mol. The van der Waals surface area contributed by atoms with Crippen LogP contribution >= 0.6 is 0 Å². The molecule has 0 fully saturated rings. The van der Waals surface area contributed by atoms with Crippen molar-refractivity contribution in [2.75, 3.05) is 6.61 Å². The SMILES string of the molecule is C=CC(=O)OCC.O=C(O)C/C=C/c1cccnc1.O=Cc1cccnc1. The lowest BCUT2D eigenvalue weighted by molar-refractivity contribution is -0.137. The lowest BCUT2D eigenvalue weighted by atomic mass is 10.2. The molecule has 0 bridgehead atoms. The van der Waals surface area contributed by atoms with Crippen molar-refractivity contribution >= 4 is 24.3 Å². The molecule has 0 aromatic carbocycles. The summed E-state index contributed by atoms with van der Waals surface area (Å²) >= 11 is 0. The van der Waals surface area contributed by atoms with Gasteiger partial charge in [-0.3, -0.25) is 19.6 Å². The molecule has 27 heavy (non-hydrogen) atoms. The quantitative estimate of drug-likeness (QED) is 0.473. The second-order valence-corrected chi connectivity index (χ2v) is 4.65. The van der Waals surface area contributed by atoms with Crippen molar-refractivity contribution < 1.29 is 24.2 Å². The minimum Gasteiger partial charge on any atom is -0.481 e. The number of aldehydes is 1. The van der Waals surface area contributed by atoms with E-state index in [2.05, 4.69) is 21.3 Å². The highest BCUT2D eigenvalue weighted by atomic mass is 16.5. The number of aliphatic carboxylic acids is 1. The summed E-state index contributed by atoms with van der Waals surface area (Å²) in [4.78, 5) is 37.8. The normalized spacial score (nSPS) is 9.07. The number of ether oxygens (including phenoxy) is 1. The average molecular weight is 370 g/mol. The number of nitrogens with zero attached hydrogens (tertiary/aromatic N) is 2. The highest BCUT2D eigenvalue weighted by Gasteiger charge is 1.89. The third-order valence-electron chi connectivity index (χ3n) is 2.56. The number of hydrogen-bond acceptors (Lipinski definition) is 6. The third-order valence-corrected chi connectivity index (χ3v) is 2.56. The maximum atomic E-state index is 10.1. The summed E-state index contributed by atoms with van der Waals surface area (Å²) in [5, 5.41) is 8.32. The van der Waals surface area contributed by atoms with E-state index in [0.29, 0.717) is 12.2 Å². The molecular weight excluding hydrogens is 348 g/mol. The van der Waals surface area contributed by atoms with Gasteiger partial charge in [0.2, 0.25) is 0 Å². The first-order chi connectivity index (χ1) is 13.0. The van der Waals surface area contributed by atoms with Gasteiger partial charge in [0.05, 0.1) is 13.0 Å². The Kier molecular flexibility index (Phi) is 13.8. The van der Waals surface area contributed by atoms with Crippen molar-refractivity contribution in [3.8, 4) is 0 Å². The van der Waals surface area contributed by atoms with Crippen LogP contribution in [0.1, 0.15) is 29.3 Å². The highest BCUT2D eigenvalue weighted by molar-refractivity contribution is 5.81. The van der Waals surface area contributed by atoms with Crippen molar-refractivity contribution in [1.82, 2.24) is 9.97 Å². The lowest BCUT2D eigenvalue weighted by Crippen LogP contribution is -1.97. The van der Waals surface area contributed by atoms with Crippen LogP contribution in [0, 0.1) is 0 Å². The molecule has 0 spiro atoms. The van der Waals surface area contributed by atoms with Crippen molar-refractivity contribution in [2.45, 2.75) is 13.3 Å². The molecule has 0 saturated carbocycles. The average Bonchev–Trinajstić information content (AvgIpc) is 2.70. The number of pyridine rings is 2. The number of carbonyl (C=O) groups is 3. The fraction of sp³-hybridized carbons (Fsp3) is 0.150. The van der Waals surface area contributed by atoms with Crippen molar-refractivity contribution in [2.24, 2.45) is 0 Å². The van der Waals surface area contributed by atoms with Crippen molar-refractivity contribution in [3.05, 3.63) is 78.9 Å². The van der Waals surface area contributed by atoms with E-state index in [4.69, 9.17) is 5.11 Å². The summed E-state index contributed by atoms with van der Waals surface area (Å²) in [6.07, 6.45) is 11.8. The molecule has 2 heterocycles. The summed E-state index contributed by atoms with van der Waals surface area (Å²) in [7, 11) is 0. The maximum absolute atomic E-state index is 10.1. The molecule has 7 heteroatoms. The van der Waals surface area contributed by atoms with E-state index in [1.54, 1.807) is 55.9 Å². The summed E-state index contributed by atoms with van der Waals surface area (Å²) in [5.41, 5.74) is 1.53. The number of carboxylic acids is 1. The van der Waals surface area contributed by atoms with Crippen LogP contribution < -0.4 is 0 Å². The maximum Gasteiger partial charge on any atom is 0.330 e. The third kappa shape index (κ3) is 14.4. The molecule has 7 nitrogen and oxygen atoms in total. The summed E-state index contributed by atoms with van der Waals surface area (Å²) in [6.45, 7) is 5.38. The van der Waals surface area contributed by atoms with Crippen LogP contribution in [0.15, 0.2) is 67.8 Å². The van der Waals surface area contributed by atoms with E-state index in [1.807, 2.05) is 6.07 Å². The standard InChI is InChI=1S/C9H9NO2.C6H5NO.C5H8O2/c11-9(12)5-1-3-8-4-2-6-10-7-8;8-5-6-2-1-3-7-4-6;1-3-5(6)7-4-2/h1-4,6-7H,5H2,(H,11,12);1-5H;3H,1,4H2,2H3/b3-1+;;. The molecule has 0 aliphatic heterocycles. The van der Waals surface area contributed by atoms with Gasteiger partial charge in [-0.25, -0.2) is 4.79 Å². The first-order valence-electron chi connectivity index (χ1n) is 7.96. The minimum atomic E-state index is -0.824. The molecule has 2 rings (SSSR count). The van der Waals surface area contributed by atoms with Gasteiger partial charge in [-0.2, -0.15) is 0 Å². The smallest absolute Gasteiger partial charge is 0.330 e. The van der Waals surface area contributed by atoms with E-state index < -0.39 is 5.97 Å². The molecular formula is C20H22N2O5. The predicted octanol–water partition coefficient (Wildman–Crippen LogP) is 3.20. The fourth-order valence-corrected chi connectivity index (χ4v) is 1.42. The zero-order chi connectivity index (χ0) is 20.3. The number of esters is 1. The van der Waals surface area contributed by atoms with Crippen LogP contribution in [0.2, 0.25) is 0 Å². The van der Waals surface area contributed by atoms with E-state index in [1.165, 1.54) is 6.20 Å². The molecule has 142 valence electrons. The van der Waals surface area contributed by atoms with Gasteiger partial charge in [0.25, 0.3) is 0 Å². The van der Waals surface area contributed by atoms with Gasteiger partial charge in [0, 0.05) is 36.4 Å².